The van der Waals surface area contributed by atoms with Crippen molar-refractivity contribution in [1.82, 2.24) is 9.99 Å². The number of hydrogen-bond donors (Lipinski definition) is 1. The summed E-state index contributed by atoms with van der Waals surface area (Å²) in [6.45, 7) is 7.45. The Kier molecular flexibility index (Phi) is 10.3. The van der Waals surface area contributed by atoms with Gasteiger partial charge in [-0.05, 0) is 33.6 Å². The van der Waals surface area contributed by atoms with Gasteiger partial charge in [-0.15, -0.1) is 0 Å². The van der Waals surface area contributed by atoms with E-state index in [4.69, 9.17) is 15.7 Å². The Bertz CT molecular complexity index is 454. The van der Waals surface area contributed by atoms with Gasteiger partial charge in [-0.2, -0.15) is 18.4 Å². The predicted molar refractivity (Wildman–Crippen MR) is 89.4 cm³/mol. The highest BCUT2D eigenvalue weighted by Gasteiger charge is 2.38. The molecule has 0 aromatic heterocycles. The van der Waals surface area contributed by atoms with E-state index < -0.39 is 26.5 Å². The van der Waals surface area contributed by atoms with E-state index in [2.05, 4.69) is 0 Å². The molecule has 0 radical (unpaired) electrons. The molecule has 10 heteroatoms. The van der Waals surface area contributed by atoms with Crippen molar-refractivity contribution >= 4 is 14.4 Å². The molecule has 0 aromatic carbocycles. The van der Waals surface area contributed by atoms with Gasteiger partial charge in [0.2, 0.25) is 0 Å². The van der Waals surface area contributed by atoms with Crippen molar-refractivity contribution in [2.45, 2.75) is 59.3 Å². The molecule has 0 bridgehead atoms. The van der Waals surface area contributed by atoms with Crippen LogP contribution in [0.4, 0.5) is 13.2 Å². The Balaban J connectivity index is 4.81. The highest BCUT2D eigenvalue weighted by molar-refractivity contribution is 7.44. The van der Waals surface area contributed by atoms with Crippen LogP contribution in [-0.2, 0) is 13.8 Å². The second-order valence-electron chi connectivity index (χ2n) is 5.92. The molecule has 2 unspecified atom stereocenters. The van der Waals surface area contributed by atoms with Crippen LogP contribution in [-0.4, -0.2) is 48.6 Å². The first-order valence-corrected chi connectivity index (χ1v) is 9.03. The van der Waals surface area contributed by atoms with Gasteiger partial charge in [-0.1, -0.05) is 6.90 Å². The van der Waals surface area contributed by atoms with Crippen molar-refractivity contribution in [3.05, 3.63) is 0 Å². The average Bonchev–Trinajstić information content (AvgIpc) is 2.52. The summed E-state index contributed by atoms with van der Waals surface area (Å²) < 4.78 is 57.5. The number of rotatable bonds is 11. The minimum Gasteiger partial charge on any atom is -0.348 e. The lowest BCUT2D eigenvalue weighted by Crippen LogP contribution is -2.39. The average molecular weight is 386 g/mol. The first-order valence-electron chi connectivity index (χ1n) is 8.60. The Morgan fingerprint density at radius 1 is 1.32 bits per heavy atom. The van der Waals surface area contributed by atoms with Gasteiger partial charge in [0.05, 0.1) is 25.7 Å². The molecule has 0 heterocycles. The van der Waals surface area contributed by atoms with Gasteiger partial charge in [-0.3, -0.25) is 4.79 Å². The predicted octanol–water partition coefficient (Wildman–Crippen LogP) is 3.59. The van der Waals surface area contributed by atoms with Crippen LogP contribution in [0, 0.1) is 17.2 Å². The zero-order valence-electron chi connectivity index (χ0n) is 16.0. The molecule has 0 fully saturated rings. The molecule has 146 valence electrons. The first-order chi connectivity index (χ1) is 12.0. The summed E-state index contributed by atoms with van der Waals surface area (Å²) in [6, 6.07) is 2.14. The minimum atomic E-state index is -4.95. The smallest absolute Gasteiger partial charge is 0.348 e. The fourth-order valence-electron chi connectivity index (χ4n) is 1.88. The Morgan fingerprint density at radius 2 is 1.92 bits per heavy atom. The molecule has 0 saturated heterocycles. The molecule has 2 atom stereocenters. The third-order valence-corrected chi connectivity index (χ3v) is 4.97. The van der Waals surface area contributed by atoms with Crippen LogP contribution in [0.2, 0.25) is 0 Å². The van der Waals surface area contributed by atoms with E-state index >= 15 is 0 Å². The third kappa shape index (κ3) is 9.95. The number of nitrogens with one attached hydrogen (secondary N) is 1. The molecule has 0 aliphatic heterocycles. The summed E-state index contributed by atoms with van der Waals surface area (Å²) >= 11 is 0. The van der Waals surface area contributed by atoms with Crippen molar-refractivity contribution in [3.8, 4) is 6.07 Å². The lowest BCUT2D eigenvalue weighted by Gasteiger charge is -2.36. The third-order valence-electron chi connectivity index (χ3n) is 2.89. The lowest BCUT2D eigenvalue weighted by atomic mass is 10.2. The summed E-state index contributed by atoms with van der Waals surface area (Å²) in [5.74, 6) is -2.64. The van der Waals surface area contributed by atoms with E-state index in [0.29, 0.717) is 0 Å². The van der Waals surface area contributed by atoms with E-state index in [0.717, 1.165) is 0 Å². The van der Waals surface area contributed by atoms with E-state index in [-0.39, 0.29) is 45.2 Å². The van der Waals surface area contributed by atoms with E-state index in [1.807, 2.05) is 38.4 Å². The standard InChI is InChI=1S/C15H27F3N3O3P/c1-11(2)21(12(3)4)25(23-8-6-7-19)24-10-13(5)9-20-14(22)15(16,17)18/h11-13H,6,8-10H2,1-5H3,(H,20,22)/i5D. The topological polar surface area (TPSA) is 74.6 Å². The van der Waals surface area contributed by atoms with Gasteiger partial charge >= 0.3 is 12.1 Å². The summed E-state index contributed by atoms with van der Waals surface area (Å²) in [4.78, 5) is 10.9. The molecular formula is C15H27F3N3O3P. The molecule has 1 amide bonds. The zero-order chi connectivity index (χ0) is 20.3. The monoisotopic (exact) mass is 386 g/mol. The Hall–Kier alpha value is -0.940. The van der Waals surface area contributed by atoms with Gasteiger partial charge in [0.15, 0.2) is 0 Å². The molecule has 0 aliphatic carbocycles. The first kappa shape index (κ1) is 22.1. The maximum Gasteiger partial charge on any atom is 0.471 e. The molecule has 6 nitrogen and oxygen atoms in total. The van der Waals surface area contributed by atoms with Gasteiger partial charge in [0, 0.05) is 20.0 Å². The molecule has 0 aromatic rings. The van der Waals surface area contributed by atoms with Crippen molar-refractivity contribution in [2.24, 2.45) is 5.92 Å². The molecule has 0 saturated carbocycles. The van der Waals surface area contributed by atoms with Crippen molar-refractivity contribution in [2.75, 3.05) is 19.8 Å². The molecule has 0 aliphatic rings. The van der Waals surface area contributed by atoms with E-state index in [1.165, 1.54) is 0 Å². The second kappa shape index (κ2) is 11.6. The fourth-order valence-corrected chi connectivity index (χ4v) is 3.56. The van der Waals surface area contributed by atoms with Gasteiger partial charge in [0.25, 0.3) is 8.53 Å². The summed E-state index contributed by atoms with van der Waals surface area (Å²) in [7, 11) is -1.54. The highest BCUT2D eigenvalue weighted by atomic mass is 31.2. The molecule has 25 heavy (non-hydrogen) atoms. The number of amides is 1. The second-order valence-corrected chi connectivity index (χ2v) is 7.37. The Morgan fingerprint density at radius 3 is 2.36 bits per heavy atom. The van der Waals surface area contributed by atoms with Crippen molar-refractivity contribution in [3.63, 3.8) is 0 Å². The normalized spacial score (nSPS) is 15.2. The highest BCUT2D eigenvalue weighted by Crippen LogP contribution is 2.46. The SMILES string of the molecule is [2H]CC(CNC(=O)C(F)(F)F)COP(OCCC#N)N(C(C)C)C(C)C. The number of nitriles is 1. The van der Waals surface area contributed by atoms with Crippen molar-refractivity contribution in [1.29, 1.82) is 5.26 Å². The minimum absolute atomic E-state index is 0.0319. The maximum atomic E-state index is 12.2. The van der Waals surface area contributed by atoms with Crippen LogP contribution in [0.25, 0.3) is 0 Å². The number of alkyl halides is 3. The molecule has 0 spiro atoms. The summed E-state index contributed by atoms with van der Waals surface area (Å²) in [5, 5.41) is 10.4. The van der Waals surface area contributed by atoms with Crippen molar-refractivity contribution < 1.29 is 28.4 Å². The number of carbonyl (C=O) groups is 1. The van der Waals surface area contributed by atoms with Crippen LogP contribution in [0.1, 0.15) is 42.4 Å². The van der Waals surface area contributed by atoms with Crippen LogP contribution in [0.3, 0.4) is 0 Å². The van der Waals surface area contributed by atoms with E-state index in [9.17, 15) is 18.0 Å². The zero-order valence-corrected chi connectivity index (χ0v) is 15.9. The largest absolute Gasteiger partial charge is 0.471 e. The summed E-state index contributed by atoms with van der Waals surface area (Å²) in [5.41, 5.74) is 0. The van der Waals surface area contributed by atoms with Crippen LogP contribution < -0.4 is 5.32 Å². The molecule has 0 rings (SSSR count). The number of nitrogens with zero attached hydrogens (tertiary/aromatic N) is 2. The van der Waals surface area contributed by atoms with Crippen LogP contribution in [0.15, 0.2) is 0 Å². The molecule has 1 N–H and O–H groups in total. The van der Waals surface area contributed by atoms with E-state index in [1.54, 1.807) is 5.32 Å². The van der Waals surface area contributed by atoms with Gasteiger partial charge in [-0.25, -0.2) is 4.67 Å². The number of carbonyl (C=O) groups excluding carboxylic acids is 1. The summed E-state index contributed by atoms with van der Waals surface area (Å²) in [6.07, 6.45) is -4.76. The van der Waals surface area contributed by atoms with Crippen LogP contribution in [0.5, 0.6) is 0 Å². The maximum absolute atomic E-state index is 12.2. The number of hydrogen-bond acceptors (Lipinski definition) is 5. The number of halogens is 3. The molecular weight excluding hydrogens is 358 g/mol. The van der Waals surface area contributed by atoms with Crippen LogP contribution >= 0.6 is 8.53 Å². The quantitative estimate of drug-likeness (QED) is 0.434. The van der Waals surface area contributed by atoms with Gasteiger partial charge in [0.1, 0.15) is 0 Å². The lowest BCUT2D eigenvalue weighted by molar-refractivity contribution is -0.173. The fraction of sp³-hybridized carbons (Fsp3) is 0.867. The Labute approximate surface area is 150 Å². The van der Waals surface area contributed by atoms with Gasteiger partial charge < -0.3 is 14.4 Å².